The Kier molecular flexibility index (Phi) is 5.18. The van der Waals surface area contributed by atoms with Crippen LogP contribution in [-0.4, -0.2) is 37.4 Å². The summed E-state index contributed by atoms with van der Waals surface area (Å²) >= 11 is 0. The molecule has 2 aromatic carbocycles. The van der Waals surface area contributed by atoms with Gasteiger partial charge in [0.25, 0.3) is 10.0 Å². The van der Waals surface area contributed by atoms with Gasteiger partial charge in [-0.15, -0.1) is 0 Å². The summed E-state index contributed by atoms with van der Waals surface area (Å²) in [5.74, 6) is -0.587. The van der Waals surface area contributed by atoms with Crippen LogP contribution in [0, 0.1) is 6.92 Å². The van der Waals surface area contributed by atoms with Crippen molar-refractivity contribution in [3.63, 3.8) is 0 Å². The second-order valence-electron chi connectivity index (χ2n) is 6.20. The maximum atomic E-state index is 13.1. The van der Waals surface area contributed by atoms with E-state index in [1.54, 1.807) is 42.5 Å². The number of carbonyl (C=O) groups excluding carboxylic acids is 2. The normalized spacial score (nSPS) is 18.1. The first-order valence-corrected chi connectivity index (χ1v) is 9.75. The molecule has 0 spiro atoms. The van der Waals surface area contributed by atoms with Gasteiger partial charge in [-0.3, -0.25) is 4.79 Å². The number of sulfonamides is 1. The lowest BCUT2D eigenvalue weighted by Crippen LogP contribution is -2.43. The second-order valence-corrected chi connectivity index (χ2v) is 8.01. The summed E-state index contributed by atoms with van der Waals surface area (Å²) < 4.78 is 37.2. The van der Waals surface area contributed by atoms with E-state index in [-0.39, 0.29) is 11.5 Å². The summed E-state index contributed by atoms with van der Waals surface area (Å²) in [5, 5.41) is 0. The topological polar surface area (TPSA) is 90.0 Å². The zero-order chi connectivity index (χ0) is 19.6. The minimum absolute atomic E-state index is 0.0356. The number of hydrogen-bond donors (Lipinski definition) is 0. The van der Waals surface area contributed by atoms with Crippen LogP contribution in [-0.2, 0) is 24.3 Å². The minimum Gasteiger partial charge on any atom is -0.455 e. The van der Waals surface area contributed by atoms with Crippen LogP contribution in [0.2, 0.25) is 0 Å². The second kappa shape index (κ2) is 7.40. The molecular weight excluding hydrogens is 370 g/mol. The average molecular weight is 389 g/mol. The van der Waals surface area contributed by atoms with E-state index in [2.05, 4.69) is 0 Å². The van der Waals surface area contributed by atoms with Gasteiger partial charge in [-0.1, -0.05) is 48.0 Å². The molecular formula is C19H19NO6S. The molecule has 3 rings (SSSR count). The average Bonchev–Trinajstić information content (AvgIpc) is 3.03. The SMILES string of the molecule is CC(=O)O[C@@H](c1ccccc1)[C@@H]1COC(=O)N1S(=O)(=O)c1ccc(C)cc1. The van der Waals surface area contributed by atoms with Gasteiger partial charge < -0.3 is 9.47 Å². The van der Waals surface area contributed by atoms with Gasteiger partial charge >= 0.3 is 12.1 Å². The number of ether oxygens (including phenoxy) is 2. The summed E-state index contributed by atoms with van der Waals surface area (Å²) in [6, 6.07) is 13.8. The molecule has 0 aliphatic carbocycles. The molecule has 0 saturated carbocycles. The Morgan fingerprint density at radius 1 is 1.15 bits per heavy atom. The molecule has 0 aromatic heterocycles. The predicted octanol–water partition coefficient (Wildman–Crippen LogP) is 2.81. The smallest absolute Gasteiger partial charge is 0.424 e. The summed E-state index contributed by atoms with van der Waals surface area (Å²) in [6.07, 6.45) is -1.97. The Morgan fingerprint density at radius 3 is 2.37 bits per heavy atom. The number of hydrogen-bond acceptors (Lipinski definition) is 6. The highest BCUT2D eigenvalue weighted by atomic mass is 32.2. The van der Waals surface area contributed by atoms with E-state index in [0.717, 1.165) is 5.56 Å². The third-order valence-corrected chi connectivity index (χ3v) is 6.01. The third-order valence-electron chi connectivity index (χ3n) is 4.21. The van der Waals surface area contributed by atoms with Gasteiger partial charge in [-0.25, -0.2) is 13.2 Å². The largest absolute Gasteiger partial charge is 0.455 e. The maximum Gasteiger partial charge on any atom is 0.424 e. The molecule has 1 fully saturated rings. The van der Waals surface area contributed by atoms with Gasteiger partial charge in [0.1, 0.15) is 12.6 Å². The van der Waals surface area contributed by atoms with Gasteiger partial charge in [-0.2, -0.15) is 4.31 Å². The van der Waals surface area contributed by atoms with Crippen molar-refractivity contribution in [2.75, 3.05) is 6.61 Å². The van der Waals surface area contributed by atoms with Crippen LogP contribution in [0.5, 0.6) is 0 Å². The van der Waals surface area contributed by atoms with Crippen LogP contribution in [0.25, 0.3) is 0 Å². The monoisotopic (exact) mass is 389 g/mol. The molecule has 1 heterocycles. The van der Waals surface area contributed by atoms with Crippen LogP contribution in [0.1, 0.15) is 24.2 Å². The van der Waals surface area contributed by atoms with Gasteiger partial charge in [0.2, 0.25) is 0 Å². The summed E-state index contributed by atoms with van der Waals surface area (Å²) in [7, 11) is -4.18. The van der Waals surface area contributed by atoms with Gasteiger partial charge in [0.15, 0.2) is 6.10 Å². The van der Waals surface area contributed by atoms with Crippen molar-refractivity contribution >= 4 is 22.1 Å². The lowest BCUT2D eigenvalue weighted by Gasteiger charge is -2.28. The molecule has 0 radical (unpaired) electrons. The molecule has 27 heavy (non-hydrogen) atoms. The Morgan fingerprint density at radius 2 is 1.78 bits per heavy atom. The van der Waals surface area contributed by atoms with Crippen molar-refractivity contribution in [1.82, 2.24) is 4.31 Å². The molecule has 2 atom stereocenters. The highest BCUT2D eigenvalue weighted by Gasteiger charge is 2.48. The fourth-order valence-electron chi connectivity index (χ4n) is 2.92. The first-order valence-electron chi connectivity index (χ1n) is 8.31. The van der Waals surface area contributed by atoms with Gasteiger partial charge in [0, 0.05) is 6.92 Å². The molecule has 7 nitrogen and oxygen atoms in total. The van der Waals surface area contributed by atoms with E-state index in [4.69, 9.17) is 9.47 Å². The number of cyclic esters (lactones) is 1. The zero-order valence-corrected chi connectivity index (χ0v) is 15.7. The Hall–Kier alpha value is -2.87. The molecule has 1 amide bonds. The predicted molar refractivity (Wildman–Crippen MR) is 96.3 cm³/mol. The minimum atomic E-state index is -4.18. The first kappa shape index (κ1) is 18.9. The van der Waals surface area contributed by atoms with E-state index in [0.29, 0.717) is 9.87 Å². The fraction of sp³-hybridized carbons (Fsp3) is 0.263. The standard InChI is InChI=1S/C19H19NO6S/c1-13-8-10-16(11-9-13)27(23,24)20-17(12-25-19(20)22)18(26-14(2)21)15-6-4-3-5-7-15/h3-11,17-18H,12H2,1-2H3/t17-,18-/m0/s1. The molecule has 1 saturated heterocycles. The number of carbonyl (C=O) groups is 2. The van der Waals surface area contributed by atoms with Crippen molar-refractivity contribution < 1.29 is 27.5 Å². The summed E-state index contributed by atoms with van der Waals surface area (Å²) in [5.41, 5.74) is 1.46. The number of nitrogens with zero attached hydrogens (tertiary/aromatic N) is 1. The van der Waals surface area contributed by atoms with Gasteiger partial charge in [0.05, 0.1) is 4.90 Å². The highest BCUT2D eigenvalue weighted by Crippen LogP contribution is 2.33. The van der Waals surface area contributed by atoms with E-state index < -0.39 is 34.2 Å². The van der Waals surface area contributed by atoms with Crippen molar-refractivity contribution in [3.05, 3.63) is 65.7 Å². The summed E-state index contributed by atoms with van der Waals surface area (Å²) in [6.45, 7) is 2.85. The number of amides is 1. The van der Waals surface area contributed by atoms with E-state index in [9.17, 15) is 18.0 Å². The van der Waals surface area contributed by atoms with E-state index in [1.807, 2.05) is 6.92 Å². The lowest BCUT2D eigenvalue weighted by atomic mass is 10.0. The van der Waals surface area contributed by atoms with Crippen molar-refractivity contribution in [3.8, 4) is 0 Å². The highest BCUT2D eigenvalue weighted by molar-refractivity contribution is 7.89. The Labute approximate surface area is 157 Å². The van der Waals surface area contributed by atoms with Crippen LogP contribution in [0.15, 0.2) is 59.5 Å². The number of aryl methyl sites for hydroxylation is 1. The van der Waals surface area contributed by atoms with Crippen LogP contribution in [0.3, 0.4) is 0 Å². The zero-order valence-electron chi connectivity index (χ0n) is 14.9. The van der Waals surface area contributed by atoms with Crippen LogP contribution in [0.4, 0.5) is 4.79 Å². The molecule has 1 aliphatic rings. The Balaban J connectivity index is 2.03. The van der Waals surface area contributed by atoms with Gasteiger partial charge in [-0.05, 0) is 24.6 Å². The molecule has 1 aliphatic heterocycles. The molecule has 8 heteroatoms. The van der Waals surface area contributed by atoms with Crippen molar-refractivity contribution in [2.24, 2.45) is 0 Å². The van der Waals surface area contributed by atoms with E-state index >= 15 is 0 Å². The Bertz CT molecular complexity index is 940. The number of esters is 1. The third kappa shape index (κ3) is 3.80. The molecule has 2 aromatic rings. The lowest BCUT2D eigenvalue weighted by molar-refractivity contribution is -0.148. The van der Waals surface area contributed by atoms with Crippen LogP contribution < -0.4 is 0 Å². The molecule has 0 unspecified atom stereocenters. The summed E-state index contributed by atoms with van der Waals surface area (Å²) in [4.78, 5) is 23.9. The van der Waals surface area contributed by atoms with Crippen molar-refractivity contribution in [2.45, 2.75) is 30.9 Å². The molecule has 0 bridgehead atoms. The van der Waals surface area contributed by atoms with Crippen molar-refractivity contribution in [1.29, 1.82) is 0 Å². The fourth-order valence-corrected chi connectivity index (χ4v) is 4.41. The van der Waals surface area contributed by atoms with Crippen LogP contribution >= 0.6 is 0 Å². The molecule has 142 valence electrons. The maximum absolute atomic E-state index is 13.1. The molecule has 0 N–H and O–H groups in total. The quantitative estimate of drug-likeness (QED) is 0.731. The number of benzene rings is 2. The first-order chi connectivity index (χ1) is 12.8. The van der Waals surface area contributed by atoms with E-state index in [1.165, 1.54) is 19.1 Å². The number of rotatable bonds is 5.